The first-order valence-electron chi connectivity index (χ1n) is 7.56. The van der Waals surface area contributed by atoms with Gasteiger partial charge in [0.2, 0.25) is 0 Å². The van der Waals surface area contributed by atoms with Gasteiger partial charge in [0.15, 0.2) is 5.12 Å². The van der Waals surface area contributed by atoms with Crippen LogP contribution in [0.5, 0.6) is 0 Å². The molecule has 2 rings (SSSR count). The molecule has 0 aliphatic carbocycles. The summed E-state index contributed by atoms with van der Waals surface area (Å²) in [5.74, 6) is 0. The Kier molecular flexibility index (Phi) is 7.37. The molecule has 136 valence electrons. The van der Waals surface area contributed by atoms with Gasteiger partial charge in [0.25, 0.3) is 0 Å². The molecule has 2 aromatic carbocycles. The SMILES string of the molecule is COP(=O)(OC)[C@@H](Cl)[C@H](NS(=O)c1ccc(C)cc1)c1ccccc1. The van der Waals surface area contributed by atoms with E-state index in [1.165, 1.54) is 14.2 Å². The zero-order valence-corrected chi connectivity index (χ0v) is 16.7. The van der Waals surface area contributed by atoms with E-state index in [1.807, 2.05) is 49.4 Å². The van der Waals surface area contributed by atoms with Crippen molar-refractivity contribution >= 4 is 30.2 Å². The van der Waals surface area contributed by atoms with Crippen molar-refractivity contribution < 1.29 is 17.8 Å². The van der Waals surface area contributed by atoms with Crippen LogP contribution in [0.15, 0.2) is 59.5 Å². The predicted octanol–water partition coefficient (Wildman–Crippen LogP) is 4.40. The molecule has 0 bridgehead atoms. The first-order chi connectivity index (χ1) is 11.9. The smallest absolute Gasteiger partial charge is 0.311 e. The Hall–Kier alpha value is -1.01. The lowest BCUT2D eigenvalue weighted by atomic mass is 10.1. The molecule has 0 amide bonds. The monoisotopic (exact) mass is 401 g/mol. The molecule has 25 heavy (non-hydrogen) atoms. The number of aryl methyl sites for hydroxylation is 1. The highest BCUT2D eigenvalue weighted by molar-refractivity contribution is 7.83. The lowest BCUT2D eigenvalue weighted by molar-refractivity contribution is 0.269. The summed E-state index contributed by atoms with van der Waals surface area (Å²) < 4.78 is 38.4. The van der Waals surface area contributed by atoms with E-state index in [1.54, 1.807) is 12.1 Å². The van der Waals surface area contributed by atoms with Crippen molar-refractivity contribution in [2.75, 3.05) is 14.2 Å². The molecule has 1 unspecified atom stereocenters. The van der Waals surface area contributed by atoms with Crippen LogP contribution in [0.3, 0.4) is 0 Å². The second kappa shape index (κ2) is 9.08. The first-order valence-corrected chi connectivity index (χ1v) is 10.8. The van der Waals surface area contributed by atoms with Gasteiger partial charge < -0.3 is 9.05 Å². The fourth-order valence-electron chi connectivity index (χ4n) is 2.25. The maximum Gasteiger partial charge on any atom is 0.349 e. The molecule has 0 aliphatic rings. The Bertz CT molecular complexity index is 749. The molecule has 0 aromatic heterocycles. The van der Waals surface area contributed by atoms with Crippen molar-refractivity contribution in [2.24, 2.45) is 0 Å². The zero-order chi connectivity index (χ0) is 18.4. The normalized spacial score (nSPS) is 15.5. The molecule has 2 aromatic rings. The molecular weight excluding hydrogens is 381 g/mol. The number of hydrogen-bond acceptors (Lipinski definition) is 4. The van der Waals surface area contributed by atoms with E-state index in [-0.39, 0.29) is 0 Å². The Labute approximate surface area is 155 Å². The summed E-state index contributed by atoms with van der Waals surface area (Å²) >= 11 is 6.44. The van der Waals surface area contributed by atoms with Gasteiger partial charge in [-0.25, -0.2) is 8.93 Å². The predicted molar refractivity (Wildman–Crippen MR) is 101 cm³/mol. The second-order valence-corrected chi connectivity index (χ2v) is 9.75. The van der Waals surface area contributed by atoms with E-state index in [0.29, 0.717) is 4.90 Å². The van der Waals surface area contributed by atoms with E-state index in [9.17, 15) is 8.77 Å². The van der Waals surface area contributed by atoms with Crippen molar-refractivity contribution in [3.8, 4) is 0 Å². The van der Waals surface area contributed by atoms with Crippen LogP contribution >= 0.6 is 19.2 Å². The highest BCUT2D eigenvalue weighted by Gasteiger charge is 2.40. The van der Waals surface area contributed by atoms with Crippen LogP contribution in [0.2, 0.25) is 0 Å². The van der Waals surface area contributed by atoms with Crippen molar-refractivity contribution in [1.29, 1.82) is 0 Å². The summed E-state index contributed by atoms with van der Waals surface area (Å²) in [6.07, 6.45) is 0. The lowest BCUT2D eigenvalue weighted by Crippen LogP contribution is -2.31. The van der Waals surface area contributed by atoms with Gasteiger partial charge in [-0.15, -0.1) is 11.6 Å². The highest BCUT2D eigenvalue weighted by Crippen LogP contribution is 2.57. The molecule has 5 nitrogen and oxygen atoms in total. The van der Waals surface area contributed by atoms with Crippen LogP contribution < -0.4 is 4.72 Å². The van der Waals surface area contributed by atoms with Gasteiger partial charge in [-0.2, -0.15) is 0 Å². The molecule has 3 atom stereocenters. The van der Waals surface area contributed by atoms with E-state index in [2.05, 4.69) is 4.72 Å². The minimum absolute atomic E-state index is 0.597. The fourth-order valence-corrected chi connectivity index (χ4v) is 5.30. The van der Waals surface area contributed by atoms with Gasteiger partial charge in [-0.3, -0.25) is 4.57 Å². The van der Waals surface area contributed by atoms with Gasteiger partial charge in [0.05, 0.1) is 10.9 Å². The summed E-state index contributed by atoms with van der Waals surface area (Å²) in [4.78, 5) is 0.597. The van der Waals surface area contributed by atoms with E-state index in [4.69, 9.17) is 20.6 Å². The van der Waals surface area contributed by atoms with Gasteiger partial charge in [0, 0.05) is 14.2 Å². The lowest BCUT2D eigenvalue weighted by Gasteiger charge is -2.27. The molecule has 0 spiro atoms. The van der Waals surface area contributed by atoms with Crippen molar-refractivity contribution in [3.05, 3.63) is 65.7 Å². The van der Waals surface area contributed by atoms with Crippen LogP contribution in [-0.2, 0) is 24.6 Å². The summed E-state index contributed by atoms with van der Waals surface area (Å²) in [6.45, 7) is 1.95. The van der Waals surface area contributed by atoms with Crippen LogP contribution in [0.25, 0.3) is 0 Å². The average molecular weight is 402 g/mol. The maximum absolute atomic E-state index is 12.7. The topological polar surface area (TPSA) is 64.6 Å². The van der Waals surface area contributed by atoms with Gasteiger partial charge in [0.1, 0.15) is 11.0 Å². The molecule has 0 aliphatic heterocycles. The molecule has 0 heterocycles. The summed E-state index contributed by atoms with van der Waals surface area (Å²) in [5.41, 5.74) is 1.80. The summed E-state index contributed by atoms with van der Waals surface area (Å²) in [6, 6.07) is 15.7. The minimum atomic E-state index is -3.58. The van der Waals surface area contributed by atoms with Crippen molar-refractivity contribution in [3.63, 3.8) is 0 Å². The number of hydrogen-bond donors (Lipinski definition) is 1. The Morgan fingerprint density at radius 1 is 1.04 bits per heavy atom. The molecule has 0 fully saturated rings. The first kappa shape index (κ1) is 20.3. The van der Waals surface area contributed by atoms with Crippen molar-refractivity contribution in [1.82, 2.24) is 4.72 Å². The number of halogens is 1. The Balaban J connectivity index is 2.34. The molecule has 0 saturated heterocycles. The average Bonchev–Trinajstić information content (AvgIpc) is 2.66. The molecule has 0 radical (unpaired) electrons. The third-order valence-electron chi connectivity index (χ3n) is 3.71. The van der Waals surface area contributed by atoms with E-state index in [0.717, 1.165) is 11.1 Å². The minimum Gasteiger partial charge on any atom is -0.311 e. The van der Waals surface area contributed by atoms with Crippen LogP contribution in [0.4, 0.5) is 0 Å². The summed E-state index contributed by atoms with van der Waals surface area (Å²) in [5, 5.41) is -1.06. The van der Waals surface area contributed by atoms with Crippen LogP contribution in [0, 0.1) is 6.92 Å². The molecule has 1 N–H and O–H groups in total. The third-order valence-corrected chi connectivity index (χ3v) is 7.77. The number of nitrogens with one attached hydrogen (secondary N) is 1. The van der Waals surface area contributed by atoms with Crippen LogP contribution in [0.1, 0.15) is 17.2 Å². The molecular formula is C17H21ClNO4PS. The third kappa shape index (κ3) is 5.00. The van der Waals surface area contributed by atoms with E-state index >= 15 is 0 Å². The summed E-state index contributed by atoms with van der Waals surface area (Å²) in [7, 11) is -2.58. The van der Waals surface area contributed by atoms with Gasteiger partial charge >= 0.3 is 7.60 Å². The van der Waals surface area contributed by atoms with Gasteiger partial charge in [-0.05, 0) is 24.6 Å². The standard InChI is InChI=1S/C17H21ClNO4PS/c1-13-9-11-15(12-10-13)25(21)19-16(14-7-5-4-6-8-14)17(18)24(20,22-2)23-3/h4-12,16-17,19H,1-3H3/t16-,17-,25?/m1/s1. The largest absolute Gasteiger partial charge is 0.349 e. The zero-order valence-electron chi connectivity index (χ0n) is 14.2. The number of rotatable bonds is 8. The maximum atomic E-state index is 12.7. The molecule has 0 saturated carbocycles. The van der Waals surface area contributed by atoms with Crippen molar-refractivity contribution in [2.45, 2.75) is 23.0 Å². The van der Waals surface area contributed by atoms with Gasteiger partial charge in [-0.1, -0.05) is 48.0 Å². The second-order valence-electron chi connectivity index (χ2n) is 5.37. The molecule has 8 heteroatoms. The number of alkyl halides is 1. The quantitative estimate of drug-likeness (QED) is 0.526. The number of benzene rings is 2. The fraction of sp³-hybridized carbons (Fsp3) is 0.294. The highest BCUT2D eigenvalue weighted by atomic mass is 35.5. The Morgan fingerprint density at radius 2 is 1.60 bits per heavy atom. The van der Waals surface area contributed by atoms with E-state index < -0.39 is 29.7 Å². The van der Waals surface area contributed by atoms with Crippen LogP contribution in [-0.4, -0.2) is 23.5 Å². The Morgan fingerprint density at radius 3 is 2.12 bits per heavy atom.